The minimum Gasteiger partial charge on any atom is -0.478 e. The zero-order chi connectivity index (χ0) is 19.6. The highest BCUT2D eigenvalue weighted by Gasteiger charge is 2.44. The van der Waals surface area contributed by atoms with Gasteiger partial charge in [-0.15, -0.1) is 0 Å². The molecule has 0 spiro atoms. The van der Waals surface area contributed by atoms with E-state index in [0.29, 0.717) is 17.0 Å². The van der Waals surface area contributed by atoms with Crippen LogP contribution in [0.1, 0.15) is 12.6 Å². The molecule has 142 valence electrons. The predicted molar refractivity (Wildman–Crippen MR) is 74.5 cm³/mol. The van der Waals surface area contributed by atoms with Gasteiger partial charge in [-0.05, 0) is 12.1 Å². The van der Waals surface area contributed by atoms with Crippen LogP contribution in [-0.4, -0.2) is 53.3 Å². The first-order valence-corrected chi connectivity index (χ1v) is 7.09. The van der Waals surface area contributed by atoms with Gasteiger partial charge in [0.25, 0.3) is 5.91 Å². The third kappa shape index (κ3) is 4.07. The van der Waals surface area contributed by atoms with E-state index in [1.165, 1.54) is 0 Å². The Hall–Kier alpha value is -2.76. The van der Waals surface area contributed by atoms with E-state index < -0.39 is 53.6 Å². The number of carbonyl (C=O) groups excluding carboxylic acids is 2. The van der Waals surface area contributed by atoms with Gasteiger partial charge in [-0.1, -0.05) is 0 Å². The first-order valence-electron chi connectivity index (χ1n) is 7.09. The Balaban J connectivity index is 2.38. The average Bonchev–Trinajstić information content (AvgIpc) is 2.52. The zero-order valence-corrected chi connectivity index (χ0v) is 13.1. The highest BCUT2D eigenvalue weighted by atomic mass is 19.4. The molecule has 2 atom stereocenters. The van der Waals surface area contributed by atoms with Crippen LogP contribution in [0.4, 0.5) is 23.4 Å². The Labute approximate surface area is 143 Å². The van der Waals surface area contributed by atoms with Crippen LogP contribution >= 0.6 is 0 Å². The number of amides is 1. The molecule has 2 heterocycles. The molecule has 0 bridgehead atoms. The van der Waals surface area contributed by atoms with Crippen LogP contribution in [0.25, 0.3) is 0 Å². The molecule has 1 aromatic rings. The number of nitrogens with zero attached hydrogens (tertiary/aromatic N) is 2. The first kappa shape index (κ1) is 19.6. The molecule has 1 amide bonds. The maximum atomic E-state index is 13.9. The molecular weight excluding hydrogens is 368 g/mol. The number of carboxylic acids is 1. The van der Waals surface area contributed by atoms with Crippen molar-refractivity contribution in [3.8, 4) is 0 Å². The van der Waals surface area contributed by atoms with Crippen molar-refractivity contribution in [2.24, 2.45) is 0 Å². The fraction of sp³-hybridized carbons (Fsp3) is 0.429. The van der Waals surface area contributed by atoms with E-state index in [1.54, 1.807) is 0 Å². The molecule has 0 aliphatic carbocycles. The van der Waals surface area contributed by atoms with Gasteiger partial charge in [0.05, 0.1) is 13.2 Å². The highest BCUT2D eigenvalue weighted by Crippen LogP contribution is 2.31. The summed E-state index contributed by atoms with van der Waals surface area (Å²) in [6.45, 7) is 0.195. The van der Waals surface area contributed by atoms with Crippen LogP contribution in [0.15, 0.2) is 12.1 Å². The van der Waals surface area contributed by atoms with Crippen LogP contribution in [-0.2, 0) is 30.0 Å². The second-order valence-electron chi connectivity index (χ2n) is 5.15. The van der Waals surface area contributed by atoms with Crippen molar-refractivity contribution in [1.82, 2.24) is 4.98 Å². The lowest BCUT2D eigenvalue weighted by atomic mass is 10.1. The Bertz CT molecular complexity index is 739. The lowest BCUT2D eigenvalue weighted by Crippen LogP contribution is -2.56. The molecular formula is C14H12F4N2O6. The first-order chi connectivity index (χ1) is 12.0. The van der Waals surface area contributed by atoms with Crippen molar-refractivity contribution in [3.05, 3.63) is 23.6 Å². The molecule has 0 radical (unpaired) electrons. The number of anilines is 1. The summed E-state index contributed by atoms with van der Waals surface area (Å²) in [6, 6.07) is 0.893. The van der Waals surface area contributed by atoms with E-state index in [9.17, 15) is 31.9 Å². The van der Waals surface area contributed by atoms with Gasteiger partial charge in [0, 0.05) is 6.92 Å². The molecule has 1 aliphatic rings. The summed E-state index contributed by atoms with van der Waals surface area (Å²) in [5, 5.41) is 9.09. The van der Waals surface area contributed by atoms with Crippen molar-refractivity contribution in [3.63, 3.8) is 0 Å². The molecule has 0 aromatic carbocycles. The number of ether oxygens (including phenoxy) is 2. The van der Waals surface area contributed by atoms with Crippen LogP contribution < -0.4 is 4.90 Å². The molecule has 12 heteroatoms. The summed E-state index contributed by atoms with van der Waals surface area (Å²) in [7, 11) is 0. The summed E-state index contributed by atoms with van der Waals surface area (Å²) in [5.41, 5.74) is -1.43. The van der Waals surface area contributed by atoms with Crippen molar-refractivity contribution in [2.75, 3.05) is 18.1 Å². The van der Waals surface area contributed by atoms with E-state index in [-0.39, 0.29) is 13.2 Å². The van der Waals surface area contributed by atoms with E-state index in [2.05, 4.69) is 9.72 Å². The minimum absolute atomic E-state index is 0.335. The number of esters is 1. The third-order valence-electron chi connectivity index (χ3n) is 3.31. The number of hydrogen-bond acceptors (Lipinski definition) is 6. The van der Waals surface area contributed by atoms with Gasteiger partial charge in [-0.25, -0.2) is 14.2 Å². The molecule has 1 aliphatic heterocycles. The van der Waals surface area contributed by atoms with Gasteiger partial charge in [0.2, 0.25) is 6.10 Å². The fourth-order valence-corrected chi connectivity index (χ4v) is 2.23. The Morgan fingerprint density at radius 1 is 1.42 bits per heavy atom. The Kier molecular flexibility index (Phi) is 5.44. The Morgan fingerprint density at radius 2 is 2.08 bits per heavy atom. The third-order valence-corrected chi connectivity index (χ3v) is 3.31. The topological polar surface area (TPSA) is 106 Å². The number of rotatable bonds is 4. The number of carbonyl (C=O) groups is 3. The molecule has 1 unspecified atom stereocenters. The van der Waals surface area contributed by atoms with Crippen LogP contribution in [0.2, 0.25) is 0 Å². The predicted octanol–water partition coefficient (Wildman–Crippen LogP) is 0.988. The molecule has 1 fully saturated rings. The SMILES string of the molecule is CC(=O)OC(C(=O)O)[C@H]1OCCN(c2nc(C(F)(F)F)ccc2F)C1=O. The van der Waals surface area contributed by atoms with Crippen LogP contribution in [0, 0.1) is 5.82 Å². The van der Waals surface area contributed by atoms with Gasteiger partial charge < -0.3 is 14.6 Å². The maximum Gasteiger partial charge on any atom is 0.433 e. The molecule has 1 aromatic heterocycles. The van der Waals surface area contributed by atoms with Crippen molar-refractivity contribution < 1.29 is 46.5 Å². The van der Waals surface area contributed by atoms with Gasteiger partial charge in [0.15, 0.2) is 17.7 Å². The van der Waals surface area contributed by atoms with Crippen molar-refractivity contribution in [2.45, 2.75) is 25.3 Å². The summed E-state index contributed by atoms with van der Waals surface area (Å²) < 4.78 is 61.7. The Morgan fingerprint density at radius 3 is 2.62 bits per heavy atom. The van der Waals surface area contributed by atoms with Gasteiger partial charge in [0.1, 0.15) is 5.69 Å². The summed E-state index contributed by atoms with van der Waals surface area (Å²) in [6.07, 6.45) is -8.78. The molecule has 8 nitrogen and oxygen atoms in total. The minimum atomic E-state index is -4.88. The van der Waals surface area contributed by atoms with Gasteiger partial charge in [-0.3, -0.25) is 14.5 Å². The van der Waals surface area contributed by atoms with E-state index >= 15 is 0 Å². The molecule has 2 rings (SSSR count). The normalized spacial score (nSPS) is 19.2. The monoisotopic (exact) mass is 380 g/mol. The number of alkyl halides is 3. The largest absolute Gasteiger partial charge is 0.478 e. The average molecular weight is 380 g/mol. The molecule has 0 saturated carbocycles. The van der Waals surface area contributed by atoms with E-state index in [4.69, 9.17) is 9.84 Å². The number of pyridine rings is 1. The summed E-state index contributed by atoms with van der Waals surface area (Å²) >= 11 is 0. The number of hydrogen-bond donors (Lipinski definition) is 1. The summed E-state index contributed by atoms with van der Waals surface area (Å²) in [5.74, 6) is -6.07. The molecule has 1 saturated heterocycles. The number of carboxylic acid groups (broad SMARTS) is 1. The summed E-state index contributed by atoms with van der Waals surface area (Å²) in [4.78, 5) is 38.3. The van der Waals surface area contributed by atoms with Gasteiger partial charge in [-0.2, -0.15) is 13.2 Å². The lowest BCUT2D eigenvalue weighted by molar-refractivity contribution is -0.177. The van der Waals surface area contributed by atoms with E-state index in [1.807, 2.05) is 0 Å². The van der Waals surface area contributed by atoms with Crippen LogP contribution in [0.5, 0.6) is 0 Å². The number of aromatic nitrogens is 1. The fourth-order valence-electron chi connectivity index (χ4n) is 2.23. The lowest BCUT2D eigenvalue weighted by Gasteiger charge is -2.34. The second-order valence-corrected chi connectivity index (χ2v) is 5.15. The van der Waals surface area contributed by atoms with Gasteiger partial charge >= 0.3 is 18.1 Å². The number of aliphatic carboxylic acids is 1. The van der Waals surface area contributed by atoms with Crippen molar-refractivity contribution >= 4 is 23.7 Å². The highest BCUT2D eigenvalue weighted by molar-refractivity contribution is 6.00. The quantitative estimate of drug-likeness (QED) is 0.613. The zero-order valence-electron chi connectivity index (χ0n) is 13.1. The standard InChI is InChI=1S/C14H12F4N2O6/c1-6(21)26-10(13(23)24)9-12(22)20(4-5-25-9)11-7(15)2-3-8(19-11)14(16,17)18/h2-3,9-10H,4-5H2,1H3,(H,23,24)/t9-,10?/m1/s1. The molecule has 1 N–H and O–H groups in total. The second kappa shape index (κ2) is 7.23. The van der Waals surface area contributed by atoms with E-state index in [0.717, 1.165) is 6.92 Å². The van der Waals surface area contributed by atoms with Crippen molar-refractivity contribution in [1.29, 1.82) is 0 Å². The number of halogens is 4. The number of morpholine rings is 1. The smallest absolute Gasteiger partial charge is 0.433 e. The maximum absolute atomic E-state index is 13.9. The molecule has 26 heavy (non-hydrogen) atoms. The van der Waals surface area contributed by atoms with Crippen LogP contribution in [0.3, 0.4) is 0 Å².